The molecule has 10 nitrogen and oxygen atoms in total. The maximum absolute atomic E-state index is 13.7. The van der Waals surface area contributed by atoms with E-state index in [1.54, 1.807) is 23.0 Å². The molecule has 2 aromatic heterocycles. The summed E-state index contributed by atoms with van der Waals surface area (Å²) in [6, 6.07) is 10.0. The minimum absolute atomic E-state index is 0.300. The number of hydrogen-bond donors (Lipinski definition) is 2. The first-order valence-electron chi connectivity index (χ1n) is 15.8. The van der Waals surface area contributed by atoms with Crippen LogP contribution < -0.4 is 20.3 Å². The third-order valence-electron chi connectivity index (χ3n) is 9.24. The fraction of sp³-hybridized carbons (Fsp3) is 0.515. The molecule has 1 saturated carbocycles. The quantitative estimate of drug-likeness (QED) is 0.397. The number of nitrogens with zero attached hydrogens (tertiary/aromatic N) is 5. The van der Waals surface area contributed by atoms with E-state index in [-0.39, 0.29) is 5.91 Å². The Morgan fingerprint density at radius 1 is 1.05 bits per heavy atom. The lowest BCUT2D eigenvalue weighted by Crippen LogP contribution is -2.36. The monoisotopic (exact) mass is 583 g/mol. The molecule has 1 aliphatic carbocycles. The topological polar surface area (TPSA) is 106 Å². The third-order valence-corrected chi connectivity index (χ3v) is 9.24. The number of guanidine groups is 1. The fourth-order valence-electron chi connectivity index (χ4n) is 6.67. The van der Waals surface area contributed by atoms with E-state index in [0.29, 0.717) is 41.5 Å². The fourth-order valence-corrected chi connectivity index (χ4v) is 6.67. The standard InChI is InChI=1S/C33H41N7O3/c1-21-16-25-17-28(36-21)27-19-35-39(2)32(27)43-13-3-4-24(23-5-6-23)20-40-30-8-7-26(18-29(30)37-33(40)38-31(25)41)34-12-9-22-10-14-42-15-11-22/h7-8,16-19,22-24,34H,3-6,9-15,20H2,1-2H3,(H,37,38,41). The van der Waals surface area contributed by atoms with Crippen LogP contribution in [0.1, 0.15) is 61.0 Å². The molecule has 3 aliphatic heterocycles. The zero-order valence-corrected chi connectivity index (χ0v) is 25.1. The van der Waals surface area contributed by atoms with Crippen LogP contribution in [-0.2, 0) is 11.8 Å². The number of pyridine rings is 1. The summed E-state index contributed by atoms with van der Waals surface area (Å²) in [6.45, 7) is 6.00. The smallest absolute Gasteiger partial charge is 0.280 e. The van der Waals surface area contributed by atoms with E-state index >= 15 is 0 Å². The van der Waals surface area contributed by atoms with Crippen molar-refractivity contribution in [2.24, 2.45) is 29.8 Å². The number of aliphatic imine (C=N–C) groups is 1. The number of amides is 1. The number of aryl methyl sites for hydroxylation is 2. The van der Waals surface area contributed by atoms with E-state index < -0.39 is 0 Å². The van der Waals surface area contributed by atoms with E-state index in [1.165, 1.54) is 12.8 Å². The zero-order chi connectivity index (χ0) is 29.3. The Morgan fingerprint density at radius 3 is 2.74 bits per heavy atom. The number of anilines is 3. The molecule has 1 unspecified atom stereocenters. The summed E-state index contributed by atoms with van der Waals surface area (Å²) in [6.07, 6.45) is 9.68. The van der Waals surface area contributed by atoms with Gasteiger partial charge in [-0.15, -0.1) is 0 Å². The lowest BCUT2D eigenvalue weighted by Gasteiger charge is -2.25. The molecule has 0 radical (unpaired) electrons. The van der Waals surface area contributed by atoms with Crippen LogP contribution >= 0.6 is 0 Å². The van der Waals surface area contributed by atoms with Crippen molar-refractivity contribution >= 4 is 28.9 Å². The van der Waals surface area contributed by atoms with E-state index in [9.17, 15) is 4.79 Å². The Morgan fingerprint density at radius 2 is 1.91 bits per heavy atom. The molecule has 226 valence electrons. The van der Waals surface area contributed by atoms with Gasteiger partial charge in [0.15, 0.2) is 0 Å². The average Bonchev–Trinajstić information content (AvgIpc) is 3.71. The summed E-state index contributed by atoms with van der Waals surface area (Å²) in [4.78, 5) is 25.3. The molecule has 43 heavy (non-hydrogen) atoms. The number of rotatable bonds is 5. The molecule has 10 heteroatoms. The second-order valence-electron chi connectivity index (χ2n) is 12.4. The Kier molecular flexibility index (Phi) is 7.78. The largest absolute Gasteiger partial charge is 0.477 e. The van der Waals surface area contributed by atoms with Crippen molar-refractivity contribution in [3.05, 3.63) is 47.8 Å². The molecular formula is C33H41N7O3. The lowest BCUT2D eigenvalue weighted by atomic mass is 9.96. The summed E-state index contributed by atoms with van der Waals surface area (Å²) in [5.41, 5.74) is 5.80. The van der Waals surface area contributed by atoms with Crippen molar-refractivity contribution in [1.29, 1.82) is 0 Å². The number of aromatic nitrogens is 3. The zero-order valence-electron chi connectivity index (χ0n) is 25.1. The van der Waals surface area contributed by atoms with E-state index in [4.69, 9.17) is 14.5 Å². The third kappa shape index (κ3) is 6.11. The van der Waals surface area contributed by atoms with Crippen LogP contribution in [0.3, 0.4) is 0 Å². The van der Waals surface area contributed by atoms with Gasteiger partial charge in [0.25, 0.3) is 5.91 Å². The van der Waals surface area contributed by atoms with Crippen LogP contribution in [0, 0.1) is 24.7 Å². The molecule has 2 bridgehead atoms. The predicted octanol–water partition coefficient (Wildman–Crippen LogP) is 5.65. The molecule has 5 heterocycles. The normalized spacial score (nSPS) is 22.2. The Labute approximate surface area is 252 Å². The molecule has 1 amide bonds. The highest BCUT2D eigenvalue weighted by molar-refractivity contribution is 6.19. The predicted molar refractivity (Wildman–Crippen MR) is 168 cm³/mol. The molecule has 7 rings (SSSR count). The van der Waals surface area contributed by atoms with Crippen LogP contribution in [0.5, 0.6) is 5.88 Å². The van der Waals surface area contributed by atoms with Crippen LogP contribution in [0.4, 0.5) is 17.1 Å². The minimum atomic E-state index is -0.300. The van der Waals surface area contributed by atoms with Gasteiger partial charge in [-0.25, -0.2) is 4.68 Å². The van der Waals surface area contributed by atoms with Gasteiger partial charge in [0.2, 0.25) is 11.8 Å². The van der Waals surface area contributed by atoms with Gasteiger partial charge in [-0.1, -0.05) is 0 Å². The number of carbonyl (C=O) groups excluding carboxylic acids is 1. The molecule has 0 spiro atoms. The highest BCUT2D eigenvalue weighted by Gasteiger charge is 2.36. The van der Waals surface area contributed by atoms with Gasteiger partial charge in [-0.05, 0) is 100.0 Å². The summed E-state index contributed by atoms with van der Waals surface area (Å²) in [5.74, 6) is 2.86. The second-order valence-corrected chi connectivity index (χ2v) is 12.4. The number of hydrogen-bond acceptors (Lipinski definition) is 8. The number of nitrogens with one attached hydrogen (secondary N) is 2. The highest BCUT2D eigenvalue weighted by atomic mass is 16.5. The van der Waals surface area contributed by atoms with E-state index in [0.717, 1.165) is 92.6 Å². The summed E-state index contributed by atoms with van der Waals surface area (Å²) < 4.78 is 13.5. The van der Waals surface area contributed by atoms with Crippen molar-refractivity contribution in [1.82, 2.24) is 14.8 Å². The molecule has 1 atom stereocenters. The highest BCUT2D eigenvalue weighted by Crippen LogP contribution is 2.43. The first-order valence-corrected chi connectivity index (χ1v) is 15.8. The molecule has 2 fully saturated rings. The van der Waals surface area contributed by atoms with Crippen molar-refractivity contribution in [2.75, 3.05) is 48.4 Å². The Bertz CT molecular complexity index is 1520. The van der Waals surface area contributed by atoms with Gasteiger partial charge in [-0.3, -0.25) is 9.78 Å². The van der Waals surface area contributed by atoms with Gasteiger partial charge < -0.3 is 25.0 Å². The summed E-state index contributed by atoms with van der Waals surface area (Å²) >= 11 is 0. The number of carbonyl (C=O) groups is 1. The van der Waals surface area contributed by atoms with Crippen molar-refractivity contribution in [2.45, 2.75) is 51.9 Å². The van der Waals surface area contributed by atoms with Gasteiger partial charge in [0.05, 0.1) is 35.4 Å². The molecule has 1 saturated heterocycles. The number of benzene rings is 1. The molecule has 2 N–H and O–H groups in total. The van der Waals surface area contributed by atoms with Crippen LogP contribution in [-0.4, -0.2) is 59.5 Å². The van der Waals surface area contributed by atoms with Gasteiger partial charge in [-0.2, -0.15) is 10.1 Å². The van der Waals surface area contributed by atoms with E-state index in [1.807, 2.05) is 14.0 Å². The maximum Gasteiger partial charge on any atom is 0.280 e. The molecule has 4 aliphatic rings. The average molecular weight is 584 g/mol. The number of fused-ring (bicyclic) bond motifs is 7. The van der Waals surface area contributed by atoms with Crippen molar-refractivity contribution < 1.29 is 14.3 Å². The van der Waals surface area contributed by atoms with Crippen LogP contribution in [0.2, 0.25) is 0 Å². The van der Waals surface area contributed by atoms with Crippen LogP contribution in [0.25, 0.3) is 11.3 Å². The van der Waals surface area contributed by atoms with E-state index in [2.05, 4.69) is 43.8 Å². The summed E-state index contributed by atoms with van der Waals surface area (Å²) in [7, 11) is 1.87. The first kappa shape index (κ1) is 27.9. The minimum Gasteiger partial charge on any atom is -0.477 e. The lowest BCUT2D eigenvalue weighted by molar-refractivity contribution is 0.0649. The summed E-state index contributed by atoms with van der Waals surface area (Å²) in [5, 5.41) is 11.5. The second kappa shape index (κ2) is 12.0. The molecular weight excluding hydrogens is 542 g/mol. The SMILES string of the molecule is Cc1cc2cc(n1)-c1cnn(C)c1OCCCC(C1CC1)CN1/C(=N/C2=O)Nc2cc(NCCC3CCOCC3)ccc21. The maximum atomic E-state index is 13.7. The Balaban J connectivity index is 1.19. The molecule has 1 aromatic carbocycles. The number of ether oxygens (including phenoxy) is 2. The van der Waals surface area contributed by atoms with Crippen LogP contribution in [0.15, 0.2) is 41.5 Å². The van der Waals surface area contributed by atoms with Crippen molar-refractivity contribution in [3.63, 3.8) is 0 Å². The Hall–Kier alpha value is -3.92. The van der Waals surface area contributed by atoms with Gasteiger partial charge in [0.1, 0.15) is 0 Å². The first-order chi connectivity index (χ1) is 21.0. The molecule has 3 aromatic rings. The van der Waals surface area contributed by atoms with Gasteiger partial charge >= 0.3 is 0 Å². The van der Waals surface area contributed by atoms with Crippen molar-refractivity contribution in [3.8, 4) is 17.1 Å². The van der Waals surface area contributed by atoms with Gasteiger partial charge in [0, 0.05) is 50.3 Å².